The predicted octanol–water partition coefficient (Wildman–Crippen LogP) is 2.73. The number of hydrogen-bond donors (Lipinski definition) is 2. The van der Waals surface area contributed by atoms with Gasteiger partial charge in [-0.1, -0.05) is 24.3 Å². The van der Waals surface area contributed by atoms with Gasteiger partial charge >= 0.3 is 0 Å². The summed E-state index contributed by atoms with van der Waals surface area (Å²) in [5.41, 5.74) is 0.999. The minimum absolute atomic E-state index is 0.0845. The standard InChI is InChI=1S/C16H16FNO2S/c17-15-7-6-12(8-13(15)10-19)9-18-16(20)11-21-14-4-2-1-3-5-14/h1-8,19H,9-11H2,(H,18,20). The summed E-state index contributed by atoms with van der Waals surface area (Å²) < 4.78 is 13.2. The highest BCUT2D eigenvalue weighted by atomic mass is 32.2. The van der Waals surface area contributed by atoms with Gasteiger partial charge in [-0.25, -0.2) is 4.39 Å². The molecule has 2 aromatic rings. The minimum Gasteiger partial charge on any atom is -0.392 e. The molecule has 0 heterocycles. The van der Waals surface area contributed by atoms with E-state index in [1.807, 2.05) is 30.3 Å². The van der Waals surface area contributed by atoms with E-state index in [4.69, 9.17) is 5.11 Å². The van der Waals surface area contributed by atoms with Crippen LogP contribution in [0.2, 0.25) is 0 Å². The zero-order valence-electron chi connectivity index (χ0n) is 11.4. The summed E-state index contributed by atoms with van der Waals surface area (Å²) in [5, 5.41) is 11.8. The zero-order valence-corrected chi connectivity index (χ0v) is 12.2. The van der Waals surface area contributed by atoms with Gasteiger partial charge in [0.25, 0.3) is 0 Å². The van der Waals surface area contributed by atoms with E-state index in [0.29, 0.717) is 12.3 Å². The van der Waals surface area contributed by atoms with Gasteiger partial charge in [-0.15, -0.1) is 11.8 Å². The molecule has 1 amide bonds. The van der Waals surface area contributed by atoms with Crippen molar-refractivity contribution in [2.45, 2.75) is 18.0 Å². The van der Waals surface area contributed by atoms with Crippen molar-refractivity contribution in [3.8, 4) is 0 Å². The highest BCUT2D eigenvalue weighted by Gasteiger charge is 2.05. The molecule has 3 nitrogen and oxygen atoms in total. The van der Waals surface area contributed by atoms with Gasteiger partial charge < -0.3 is 10.4 Å². The maximum atomic E-state index is 13.2. The number of carbonyl (C=O) groups is 1. The van der Waals surface area contributed by atoms with Crippen molar-refractivity contribution >= 4 is 17.7 Å². The van der Waals surface area contributed by atoms with Crippen LogP contribution in [0.15, 0.2) is 53.4 Å². The van der Waals surface area contributed by atoms with Crippen LogP contribution in [0.3, 0.4) is 0 Å². The number of hydrogen-bond acceptors (Lipinski definition) is 3. The molecule has 21 heavy (non-hydrogen) atoms. The fourth-order valence-corrected chi connectivity index (χ4v) is 2.53. The van der Waals surface area contributed by atoms with Crippen LogP contribution in [-0.2, 0) is 17.9 Å². The highest BCUT2D eigenvalue weighted by molar-refractivity contribution is 8.00. The fourth-order valence-electron chi connectivity index (χ4n) is 1.78. The Bertz CT molecular complexity index is 604. The number of thioether (sulfide) groups is 1. The topological polar surface area (TPSA) is 49.3 Å². The molecule has 110 valence electrons. The Kier molecular flexibility index (Phi) is 5.78. The Labute approximate surface area is 127 Å². The summed E-state index contributed by atoms with van der Waals surface area (Å²) in [5.74, 6) is -0.191. The molecular formula is C16H16FNO2S. The Morgan fingerprint density at radius 1 is 1.19 bits per heavy atom. The van der Waals surface area contributed by atoms with E-state index >= 15 is 0 Å². The van der Waals surface area contributed by atoms with Crippen molar-refractivity contribution in [2.24, 2.45) is 0 Å². The van der Waals surface area contributed by atoms with E-state index < -0.39 is 5.82 Å². The van der Waals surface area contributed by atoms with Gasteiger partial charge in [0, 0.05) is 17.0 Å². The summed E-state index contributed by atoms with van der Waals surface area (Å²) in [6.45, 7) is -0.0288. The van der Waals surface area contributed by atoms with Crippen LogP contribution in [0.5, 0.6) is 0 Å². The molecule has 0 unspecified atom stereocenters. The Hall–Kier alpha value is -1.85. The van der Waals surface area contributed by atoms with E-state index in [-0.39, 0.29) is 18.1 Å². The number of aliphatic hydroxyl groups is 1. The first-order chi connectivity index (χ1) is 10.2. The van der Waals surface area contributed by atoms with E-state index in [1.54, 1.807) is 12.1 Å². The summed E-state index contributed by atoms with van der Waals surface area (Å²) in [7, 11) is 0. The molecule has 0 fully saturated rings. The van der Waals surface area contributed by atoms with Crippen molar-refractivity contribution < 1.29 is 14.3 Å². The van der Waals surface area contributed by atoms with Gasteiger partial charge in [0.15, 0.2) is 0 Å². The van der Waals surface area contributed by atoms with E-state index in [2.05, 4.69) is 5.32 Å². The maximum Gasteiger partial charge on any atom is 0.230 e. The van der Waals surface area contributed by atoms with E-state index in [9.17, 15) is 9.18 Å². The SMILES string of the molecule is O=C(CSc1ccccc1)NCc1ccc(F)c(CO)c1. The van der Waals surface area contributed by atoms with Crippen molar-refractivity contribution in [3.05, 3.63) is 65.5 Å². The van der Waals surface area contributed by atoms with Crippen molar-refractivity contribution in [3.63, 3.8) is 0 Å². The molecule has 2 aromatic carbocycles. The largest absolute Gasteiger partial charge is 0.392 e. The molecule has 0 aliphatic carbocycles. The van der Waals surface area contributed by atoms with Crippen LogP contribution in [0.1, 0.15) is 11.1 Å². The lowest BCUT2D eigenvalue weighted by Crippen LogP contribution is -2.24. The first kappa shape index (κ1) is 15.5. The summed E-state index contributed by atoms with van der Waals surface area (Å²) in [6, 6.07) is 14.1. The van der Waals surface area contributed by atoms with Gasteiger partial charge in [-0.3, -0.25) is 4.79 Å². The van der Waals surface area contributed by atoms with Gasteiger partial charge in [-0.2, -0.15) is 0 Å². The van der Waals surface area contributed by atoms with Crippen LogP contribution in [-0.4, -0.2) is 16.8 Å². The lowest BCUT2D eigenvalue weighted by atomic mass is 10.1. The minimum atomic E-state index is -0.438. The number of nitrogens with one attached hydrogen (secondary N) is 1. The number of halogens is 1. The molecule has 5 heteroatoms. The summed E-state index contributed by atoms with van der Waals surface area (Å²) in [6.07, 6.45) is 0. The molecule has 2 N–H and O–H groups in total. The van der Waals surface area contributed by atoms with Crippen LogP contribution in [0.25, 0.3) is 0 Å². The zero-order chi connectivity index (χ0) is 15.1. The normalized spacial score (nSPS) is 10.4. The lowest BCUT2D eigenvalue weighted by molar-refractivity contribution is -0.118. The van der Waals surface area contributed by atoms with E-state index in [0.717, 1.165) is 10.5 Å². The molecule has 0 spiro atoms. The average molecular weight is 305 g/mol. The molecule has 2 rings (SSSR count). The third-order valence-corrected chi connectivity index (χ3v) is 3.90. The molecule has 0 atom stereocenters. The number of aliphatic hydroxyl groups excluding tert-OH is 1. The number of rotatable bonds is 6. The molecule has 0 aromatic heterocycles. The van der Waals surface area contributed by atoms with E-state index in [1.165, 1.54) is 17.8 Å². The Balaban J connectivity index is 1.81. The van der Waals surface area contributed by atoms with Gasteiger partial charge in [0.2, 0.25) is 5.91 Å². The predicted molar refractivity (Wildman–Crippen MR) is 81.3 cm³/mol. The smallest absolute Gasteiger partial charge is 0.230 e. The second kappa shape index (κ2) is 7.81. The van der Waals surface area contributed by atoms with Crippen LogP contribution < -0.4 is 5.32 Å². The molecule has 0 saturated heterocycles. The Morgan fingerprint density at radius 3 is 2.67 bits per heavy atom. The summed E-state index contributed by atoms with van der Waals surface area (Å²) >= 11 is 1.46. The molecule has 0 bridgehead atoms. The second-order valence-electron chi connectivity index (χ2n) is 4.46. The monoisotopic (exact) mass is 305 g/mol. The Morgan fingerprint density at radius 2 is 1.95 bits per heavy atom. The molecule has 0 aliphatic heterocycles. The quantitative estimate of drug-likeness (QED) is 0.807. The lowest BCUT2D eigenvalue weighted by Gasteiger charge is -2.07. The molecule has 0 aliphatic rings. The van der Waals surface area contributed by atoms with Crippen LogP contribution >= 0.6 is 11.8 Å². The third kappa shape index (κ3) is 4.88. The second-order valence-corrected chi connectivity index (χ2v) is 5.51. The third-order valence-electron chi connectivity index (χ3n) is 2.88. The average Bonchev–Trinajstić information content (AvgIpc) is 2.53. The van der Waals surface area contributed by atoms with Crippen LogP contribution in [0, 0.1) is 5.82 Å². The number of amides is 1. The van der Waals surface area contributed by atoms with Crippen LogP contribution in [0.4, 0.5) is 4.39 Å². The van der Waals surface area contributed by atoms with Crippen molar-refractivity contribution in [1.82, 2.24) is 5.32 Å². The van der Waals surface area contributed by atoms with Gasteiger partial charge in [0.1, 0.15) is 5.82 Å². The maximum absolute atomic E-state index is 13.2. The first-order valence-corrected chi connectivity index (χ1v) is 7.50. The molecule has 0 saturated carbocycles. The first-order valence-electron chi connectivity index (χ1n) is 6.52. The molecule has 0 radical (unpaired) electrons. The van der Waals surface area contributed by atoms with Gasteiger partial charge in [-0.05, 0) is 29.8 Å². The number of carbonyl (C=O) groups excluding carboxylic acids is 1. The summed E-state index contributed by atoms with van der Waals surface area (Å²) in [4.78, 5) is 12.8. The van der Waals surface area contributed by atoms with Crippen molar-refractivity contribution in [2.75, 3.05) is 5.75 Å². The highest BCUT2D eigenvalue weighted by Crippen LogP contribution is 2.16. The van der Waals surface area contributed by atoms with Crippen molar-refractivity contribution in [1.29, 1.82) is 0 Å². The fraction of sp³-hybridized carbons (Fsp3) is 0.188. The van der Waals surface area contributed by atoms with Gasteiger partial charge in [0.05, 0.1) is 12.4 Å². The number of benzene rings is 2. The molecular weight excluding hydrogens is 289 g/mol.